The summed E-state index contributed by atoms with van der Waals surface area (Å²) in [4.78, 5) is 12.0. The number of aryl methyl sites for hydroxylation is 1. The van der Waals surface area contributed by atoms with Gasteiger partial charge >= 0.3 is 0 Å². The second-order valence-corrected chi connectivity index (χ2v) is 5.41. The molecule has 0 saturated carbocycles. The first kappa shape index (κ1) is 15.1. The van der Waals surface area contributed by atoms with Gasteiger partial charge in [-0.15, -0.1) is 0 Å². The van der Waals surface area contributed by atoms with Gasteiger partial charge in [-0.3, -0.25) is 9.48 Å². The molecule has 23 heavy (non-hydrogen) atoms. The first-order valence-corrected chi connectivity index (χ1v) is 7.48. The maximum Gasteiger partial charge on any atom is 0.244 e. The molecule has 0 aliphatic carbocycles. The Kier molecular flexibility index (Phi) is 4.32. The van der Waals surface area contributed by atoms with Gasteiger partial charge in [0.1, 0.15) is 13.2 Å². The Morgan fingerprint density at radius 2 is 2.13 bits per heavy atom. The van der Waals surface area contributed by atoms with E-state index >= 15 is 0 Å². The van der Waals surface area contributed by atoms with Crippen LogP contribution in [0.2, 0.25) is 0 Å². The zero-order chi connectivity index (χ0) is 16.2. The SMILES string of the molecule is C[C@@H](NC(=O)/C=C/c1cnn(C)c1)c1ccc2c(c1)OCCO2. The van der Waals surface area contributed by atoms with Gasteiger partial charge in [0.25, 0.3) is 0 Å². The number of carbonyl (C=O) groups excluding carboxylic acids is 1. The Morgan fingerprint density at radius 1 is 1.35 bits per heavy atom. The Hall–Kier alpha value is -2.76. The zero-order valence-electron chi connectivity index (χ0n) is 13.2. The second-order valence-electron chi connectivity index (χ2n) is 5.41. The van der Waals surface area contributed by atoms with Crippen molar-refractivity contribution in [3.63, 3.8) is 0 Å². The van der Waals surface area contributed by atoms with E-state index < -0.39 is 0 Å². The van der Waals surface area contributed by atoms with E-state index in [0.29, 0.717) is 13.2 Å². The van der Waals surface area contributed by atoms with Crippen molar-refractivity contribution in [3.8, 4) is 11.5 Å². The Morgan fingerprint density at radius 3 is 2.87 bits per heavy atom. The highest BCUT2D eigenvalue weighted by Crippen LogP contribution is 2.32. The second kappa shape index (κ2) is 6.56. The number of ether oxygens (including phenoxy) is 2. The van der Waals surface area contributed by atoms with Crippen molar-refractivity contribution in [1.82, 2.24) is 15.1 Å². The third kappa shape index (κ3) is 3.71. The topological polar surface area (TPSA) is 65.4 Å². The van der Waals surface area contributed by atoms with Crippen LogP contribution in [0.15, 0.2) is 36.7 Å². The number of rotatable bonds is 4. The highest BCUT2D eigenvalue weighted by molar-refractivity contribution is 5.91. The quantitative estimate of drug-likeness (QED) is 0.878. The monoisotopic (exact) mass is 313 g/mol. The molecule has 2 heterocycles. The molecule has 2 aromatic rings. The lowest BCUT2D eigenvalue weighted by Gasteiger charge is -2.20. The fourth-order valence-corrected chi connectivity index (χ4v) is 2.37. The lowest BCUT2D eigenvalue weighted by atomic mass is 10.1. The van der Waals surface area contributed by atoms with Gasteiger partial charge in [-0.05, 0) is 30.7 Å². The van der Waals surface area contributed by atoms with Gasteiger partial charge in [-0.25, -0.2) is 0 Å². The lowest BCUT2D eigenvalue weighted by Crippen LogP contribution is -2.25. The van der Waals surface area contributed by atoms with Crippen molar-refractivity contribution in [2.24, 2.45) is 7.05 Å². The maximum absolute atomic E-state index is 12.0. The smallest absolute Gasteiger partial charge is 0.244 e. The Balaban J connectivity index is 1.63. The maximum atomic E-state index is 12.0. The van der Waals surface area contributed by atoms with Crippen LogP contribution in [0.4, 0.5) is 0 Å². The molecule has 3 rings (SSSR count). The molecule has 1 aromatic heterocycles. The minimum atomic E-state index is -0.156. The molecule has 0 radical (unpaired) electrons. The van der Waals surface area contributed by atoms with Crippen LogP contribution >= 0.6 is 0 Å². The number of nitrogens with one attached hydrogen (secondary N) is 1. The number of benzene rings is 1. The molecule has 1 N–H and O–H groups in total. The van der Waals surface area contributed by atoms with E-state index in [4.69, 9.17) is 9.47 Å². The molecular formula is C17H19N3O3. The minimum absolute atomic E-state index is 0.128. The predicted octanol–water partition coefficient (Wildman–Crippen LogP) is 2.08. The van der Waals surface area contributed by atoms with Crippen LogP contribution in [0, 0.1) is 0 Å². The normalized spacial score (nSPS) is 14.7. The van der Waals surface area contributed by atoms with Crippen LogP contribution < -0.4 is 14.8 Å². The van der Waals surface area contributed by atoms with Crippen LogP contribution in [-0.2, 0) is 11.8 Å². The van der Waals surface area contributed by atoms with Crippen molar-refractivity contribution >= 4 is 12.0 Å². The van der Waals surface area contributed by atoms with E-state index in [-0.39, 0.29) is 11.9 Å². The molecule has 0 saturated heterocycles. The van der Waals surface area contributed by atoms with E-state index in [2.05, 4.69) is 10.4 Å². The number of hydrogen-bond acceptors (Lipinski definition) is 4. The molecule has 1 amide bonds. The summed E-state index contributed by atoms with van der Waals surface area (Å²) in [7, 11) is 1.83. The number of aromatic nitrogens is 2. The van der Waals surface area contributed by atoms with E-state index in [0.717, 1.165) is 22.6 Å². The van der Waals surface area contributed by atoms with Gasteiger partial charge in [0, 0.05) is 24.9 Å². The van der Waals surface area contributed by atoms with Crippen molar-refractivity contribution in [2.75, 3.05) is 13.2 Å². The summed E-state index contributed by atoms with van der Waals surface area (Å²) < 4.78 is 12.8. The summed E-state index contributed by atoms with van der Waals surface area (Å²) in [5.41, 5.74) is 1.85. The van der Waals surface area contributed by atoms with Crippen molar-refractivity contribution in [2.45, 2.75) is 13.0 Å². The summed E-state index contributed by atoms with van der Waals surface area (Å²) in [6.45, 7) is 3.05. The van der Waals surface area contributed by atoms with Crippen LogP contribution in [-0.4, -0.2) is 28.9 Å². The van der Waals surface area contributed by atoms with E-state index in [1.807, 2.05) is 38.4 Å². The number of hydrogen-bond donors (Lipinski definition) is 1. The number of fused-ring (bicyclic) bond motifs is 1. The molecule has 1 aliphatic heterocycles. The largest absolute Gasteiger partial charge is 0.486 e. The molecule has 0 bridgehead atoms. The van der Waals surface area contributed by atoms with Gasteiger partial charge < -0.3 is 14.8 Å². The zero-order valence-corrected chi connectivity index (χ0v) is 13.2. The van der Waals surface area contributed by atoms with Crippen molar-refractivity contribution < 1.29 is 14.3 Å². The fraction of sp³-hybridized carbons (Fsp3) is 0.294. The van der Waals surface area contributed by atoms with E-state index in [1.165, 1.54) is 6.08 Å². The summed E-state index contributed by atoms with van der Waals surface area (Å²) in [6, 6.07) is 5.59. The molecule has 0 spiro atoms. The molecule has 1 aromatic carbocycles. The molecule has 1 atom stereocenters. The molecule has 0 fully saturated rings. The molecule has 6 nitrogen and oxygen atoms in total. The first-order valence-electron chi connectivity index (χ1n) is 7.48. The van der Waals surface area contributed by atoms with E-state index in [1.54, 1.807) is 17.0 Å². The summed E-state index contributed by atoms with van der Waals surface area (Å²) >= 11 is 0. The van der Waals surface area contributed by atoms with Gasteiger partial charge in [0.15, 0.2) is 11.5 Å². The molecule has 1 aliphatic rings. The number of nitrogens with zero attached hydrogens (tertiary/aromatic N) is 2. The number of carbonyl (C=O) groups is 1. The van der Waals surface area contributed by atoms with E-state index in [9.17, 15) is 4.79 Å². The van der Waals surface area contributed by atoms with Gasteiger partial charge in [-0.2, -0.15) is 5.10 Å². The lowest BCUT2D eigenvalue weighted by molar-refractivity contribution is -0.117. The molecule has 0 unspecified atom stereocenters. The predicted molar refractivity (Wildman–Crippen MR) is 86.2 cm³/mol. The van der Waals surface area contributed by atoms with Gasteiger partial charge in [0.2, 0.25) is 5.91 Å². The highest BCUT2D eigenvalue weighted by atomic mass is 16.6. The number of amides is 1. The highest BCUT2D eigenvalue weighted by Gasteiger charge is 2.15. The summed E-state index contributed by atoms with van der Waals surface area (Å²) in [5, 5.41) is 6.98. The standard InChI is InChI=1S/C17H19N3O3/c1-12(14-4-5-15-16(9-14)23-8-7-22-15)19-17(21)6-3-13-10-18-20(2)11-13/h3-6,9-12H,7-8H2,1-2H3,(H,19,21)/b6-3+/t12-/m1/s1. The molecular weight excluding hydrogens is 294 g/mol. The van der Waals surface area contributed by atoms with Gasteiger partial charge in [0.05, 0.1) is 12.2 Å². The van der Waals surface area contributed by atoms with Crippen LogP contribution in [0.1, 0.15) is 24.1 Å². The van der Waals surface area contributed by atoms with Crippen LogP contribution in [0.3, 0.4) is 0 Å². The summed E-state index contributed by atoms with van der Waals surface area (Å²) in [6.07, 6.45) is 6.78. The van der Waals surface area contributed by atoms with Crippen LogP contribution in [0.25, 0.3) is 6.08 Å². The van der Waals surface area contributed by atoms with Crippen molar-refractivity contribution in [1.29, 1.82) is 0 Å². The van der Waals surface area contributed by atoms with Gasteiger partial charge in [-0.1, -0.05) is 6.07 Å². The minimum Gasteiger partial charge on any atom is -0.486 e. The fourth-order valence-electron chi connectivity index (χ4n) is 2.37. The third-order valence-electron chi connectivity index (χ3n) is 3.58. The van der Waals surface area contributed by atoms with Crippen LogP contribution in [0.5, 0.6) is 11.5 Å². The molecule has 6 heteroatoms. The summed E-state index contributed by atoms with van der Waals surface area (Å²) in [5.74, 6) is 1.31. The first-order chi connectivity index (χ1) is 11.1. The van der Waals surface area contributed by atoms with Crippen molar-refractivity contribution in [3.05, 3.63) is 47.8 Å². The molecule has 120 valence electrons. The Bertz CT molecular complexity index is 736. The average Bonchev–Trinajstić information content (AvgIpc) is 2.98. The third-order valence-corrected chi connectivity index (χ3v) is 3.58. The Labute approximate surface area is 134 Å². The average molecular weight is 313 g/mol.